The van der Waals surface area contributed by atoms with Gasteiger partial charge in [0.25, 0.3) is 0 Å². The number of para-hydroxylation sites is 1. The summed E-state index contributed by atoms with van der Waals surface area (Å²) in [4.78, 5) is 0. The van der Waals surface area contributed by atoms with Crippen LogP contribution in [0.1, 0.15) is 31.1 Å². The second-order valence-corrected chi connectivity index (χ2v) is 6.53. The summed E-state index contributed by atoms with van der Waals surface area (Å²) in [5.41, 5.74) is 2.37. The minimum absolute atomic E-state index is 0.809. The van der Waals surface area contributed by atoms with Crippen molar-refractivity contribution in [3.8, 4) is 0 Å². The molecule has 0 aliphatic carbocycles. The van der Waals surface area contributed by atoms with E-state index in [-0.39, 0.29) is 0 Å². The quantitative estimate of drug-likeness (QED) is 0.893. The van der Waals surface area contributed by atoms with Crippen molar-refractivity contribution in [1.29, 1.82) is 0 Å². The summed E-state index contributed by atoms with van der Waals surface area (Å²) in [5, 5.41) is 5.69. The molecule has 102 valence electrons. The average Bonchev–Trinajstić information content (AvgIpc) is 3.06. The maximum absolute atomic E-state index is 5.93. The first-order valence-corrected chi connectivity index (χ1v) is 8.25. The molecule has 0 radical (unpaired) electrons. The van der Waals surface area contributed by atoms with E-state index in [0.29, 0.717) is 0 Å². The molecule has 1 fully saturated rings. The molecule has 1 aromatic heterocycles. The number of nitrogens with one attached hydrogen (secondary N) is 1. The van der Waals surface area contributed by atoms with Gasteiger partial charge in [0.15, 0.2) is 0 Å². The van der Waals surface area contributed by atoms with E-state index in [1.807, 2.05) is 6.07 Å². The SMILES string of the molecule is CCc1oc2ccccc2c1CNCC1CCCS1. The van der Waals surface area contributed by atoms with E-state index in [9.17, 15) is 0 Å². The monoisotopic (exact) mass is 275 g/mol. The molecule has 2 heterocycles. The van der Waals surface area contributed by atoms with Gasteiger partial charge in [-0.3, -0.25) is 0 Å². The molecule has 1 aliphatic rings. The first-order valence-electron chi connectivity index (χ1n) is 7.20. The zero-order valence-corrected chi connectivity index (χ0v) is 12.3. The molecule has 3 rings (SSSR count). The van der Waals surface area contributed by atoms with Crippen molar-refractivity contribution in [3.05, 3.63) is 35.6 Å². The number of benzene rings is 1. The van der Waals surface area contributed by atoms with E-state index in [4.69, 9.17) is 4.42 Å². The number of furan rings is 1. The van der Waals surface area contributed by atoms with E-state index in [1.54, 1.807) is 0 Å². The standard InChI is InChI=1S/C16H21NOS/c1-2-15-14(11-17-10-12-6-5-9-19-12)13-7-3-4-8-16(13)18-15/h3-4,7-8,12,17H,2,5-6,9-11H2,1H3. The van der Waals surface area contributed by atoms with Crippen LogP contribution in [-0.4, -0.2) is 17.5 Å². The maximum Gasteiger partial charge on any atom is 0.134 e. The fraction of sp³-hybridized carbons (Fsp3) is 0.500. The Morgan fingerprint density at radius 1 is 1.37 bits per heavy atom. The lowest BCUT2D eigenvalue weighted by Crippen LogP contribution is -2.22. The molecule has 1 N–H and O–H groups in total. The van der Waals surface area contributed by atoms with Crippen LogP contribution >= 0.6 is 11.8 Å². The van der Waals surface area contributed by atoms with Crippen molar-refractivity contribution in [2.75, 3.05) is 12.3 Å². The molecule has 2 aromatic rings. The first kappa shape index (κ1) is 13.1. The van der Waals surface area contributed by atoms with Crippen LogP contribution < -0.4 is 5.32 Å². The fourth-order valence-corrected chi connectivity index (χ4v) is 4.03. The Labute approximate surface area is 118 Å². The summed E-state index contributed by atoms with van der Waals surface area (Å²) in [5.74, 6) is 2.47. The van der Waals surface area contributed by atoms with Crippen LogP contribution in [0.5, 0.6) is 0 Å². The van der Waals surface area contributed by atoms with E-state index in [1.165, 1.54) is 29.5 Å². The highest BCUT2D eigenvalue weighted by Gasteiger charge is 2.16. The Morgan fingerprint density at radius 3 is 3.05 bits per heavy atom. The van der Waals surface area contributed by atoms with Gasteiger partial charge >= 0.3 is 0 Å². The van der Waals surface area contributed by atoms with Gasteiger partial charge in [-0.1, -0.05) is 25.1 Å². The van der Waals surface area contributed by atoms with Crippen molar-refractivity contribution in [3.63, 3.8) is 0 Å². The number of hydrogen-bond donors (Lipinski definition) is 1. The Kier molecular flexibility index (Phi) is 4.14. The zero-order chi connectivity index (χ0) is 13.1. The number of thioether (sulfide) groups is 1. The van der Waals surface area contributed by atoms with Gasteiger partial charge in [0.2, 0.25) is 0 Å². The van der Waals surface area contributed by atoms with Crippen LogP contribution in [0.2, 0.25) is 0 Å². The van der Waals surface area contributed by atoms with E-state index >= 15 is 0 Å². The van der Waals surface area contributed by atoms with Crippen molar-refractivity contribution in [1.82, 2.24) is 5.32 Å². The highest BCUT2D eigenvalue weighted by molar-refractivity contribution is 8.00. The Hall–Kier alpha value is -0.930. The third-order valence-electron chi connectivity index (χ3n) is 3.80. The molecule has 1 aliphatic heterocycles. The van der Waals surface area contributed by atoms with Crippen LogP contribution in [-0.2, 0) is 13.0 Å². The van der Waals surface area contributed by atoms with E-state index < -0.39 is 0 Å². The smallest absolute Gasteiger partial charge is 0.134 e. The summed E-state index contributed by atoms with van der Waals surface area (Å²) < 4.78 is 5.93. The summed E-state index contributed by atoms with van der Waals surface area (Å²) in [6.45, 7) is 4.21. The van der Waals surface area contributed by atoms with Gasteiger partial charge in [0, 0.05) is 35.7 Å². The lowest BCUT2D eigenvalue weighted by Gasteiger charge is -2.10. The molecule has 0 spiro atoms. The van der Waals surface area contributed by atoms with Crippen molar-refractivity contribution in [2.45, 2.75) is 38.0 Å². The Morgan fingerprint density at radius 2 is 2.26 bits per heavy atom. The molecule has 1 unspecified atom stereocenters. The van der Waals surface area contributed by atoms with Crippen LogP contribution in [0.3, 0.4) is 0 Å². The van der Waals surface area contributed by atoms with E-state index in [2.05, 4.69) is 42.2 Å². The largest absolute Gasteiger partial charge is 0.461 e. The summed E-state index contributed by atoms with van der Waals surface area (Å²) in [7, 11) is 0. The van der Waals surface area contributed by atoms with Crippen molar-refractivity contribution >= 4 is 22.7 Å². The molecule has 0 bridgehead atoms. The number of hydrogen-bond acceptors (Lipinski definition) is 3. The van der Waals surface area contributed by atoms with Gasteiger partial charge in [0.05, 0.1) is 0 Å². The second-order valence-electron chi connectivity index (χ2n) is 5.12. The van der Waals surface area contributed by atoms with Crippen molar-refractivity contribution < 1.29 is 4.42 Å². The van der Waals surface area contributed by atoms with Crippen LogP contribution in [0.25, 0.3) is 11.0 Å². The van der Waals surface area contributed by atoms with Gasteiger partial charge in [-0.25, -0.2) is 0 Å². The molecule has 19 heavy (non-hydrogen) atoms. The molecule has 1 aromatic carbocycles. The van der Waals surface area contributed by atoms with Crippen molar-refractivity contribution in [2.24, 2.45) is 0 Å². The lowest BCUT2D eigenvalue weighted by molar-refractivity contribution is 0.543. The normalized spacial score (nSPS) is 19.3. The second kappa shape index (κ2) is 6.02. The van der Waals surface area contributed by atoms with E-state index in [0.717, 1.165) is 36.1 Å². The topological polar surface area (TPSA) is 25.2 Å². The molecule has 3 heteroatoms. The van der Waals surface area contributed by atoms with Gasteiger partial charge in [-0.15, -0.1) is 0 Å². The predicted molar refractivity (Wildman–Crippen MR) is 82.8 cm³/mol. The highest BCUT2D eigenvalue weighted by Crippen LogP contribution is 2.27. The third kappa shape index (κ3) is 2.82. The molecule has 2 nitrogen and oxygen atoms in total. The van der Waals surface area contributed by atoms with Gasteiger partial charge < -0.3 is 9.73 Å². The fourth-order valence-electron chi connectivity index (χ4n) is 2.79. The number of aryl methyl sites for hydroxylation is 1. The molecular formula is C16H21NOS. The zero-order valence-electron chi connectivity index (χ0n) is 11.4. The lowest BCUT2D eigenvalue weighted by atomic mass is 10.1. The molecule has 0 saturated carbocycles. The number of rotatable bonds is 5. The third-order valence-corrected chi connectivity index (χ3v) is 5.20. The van der Waals surface area contributed by atoms with Crippen LogP contribution in [0.15, 0.2) is 28.7 Å². The Bertz CT molecular complexity index is 543. The average molecular weight is 275 g/mol. The Balaban J connectivity index is 1.71. The maximum atomic E-state index is 5.93. The first-order chi connectivity index (χ1) is 9.38. The molecule has 1 atom stereocenters. The van der Waals surface area contributed by atoms with Gasteiger partial charge in [-0.05, 0) is 24.7 Å². The summed E-state index contributed by atoms with van der Waals surface area (Å²) in [6, 6.07) is 8.36. The summed E-state index contributed by atoms with van der Waals surface area (Å²) >= 11 is 2.11. The molecule has 0 amide bonds. The van der Waals surface area contributed by atoms with Crippen LogP contribution in [0, 0.1) is 0 Å². The summed E-state index contributed by atoms with van der Waals surface area (Å²) in [6.07, 6.45) is 3.71. The highest BCUT2D eigenvalue weighted by atomic mass is 32.2. The van der Waals surface area contributed by atoms with Crippen LogP contribution in [0.4, 0.5) is 0 Å². The minimum Gasteiger partial charge on any atom is -0.461 e. The molecule has 1 saturated heterocycles. The molecular weight excluding hydrogens is 254 g/mol. The van der Waals surface area contributed by atoms with Gasteiger partial charge in [0.1, 0.15) is 11.3 Å². The number of fused-ring (bicyclic) bond motifs is 1. The minimum atomic E-state index is 0.809. The predicted octanol–water partition coefficient (Wildman–Crippen LogP) is 3.98. The van der Waals surface area contributed by atoms with Gasteiger partial charge in [-0.2, -0.15) is 11.8 Å².